The van der Waals surface area contributed by atoms with Gasteiger partial charge in [-0.1, -0.05) is 157 Å². The van der Waals surface area contributed by atoms with Gasteiger partial charge >= 0.3 is 0 Å². The van der Waals surface area contributed by atoms with E-state index in [-0.39, 0.29) is 38.7 Å². The molecule has 11 aromatic rings. The zero-order chi connectivity index (χ0) is 44.9. The van der Waals surface area contributed by atoms with Gasteiger partial charge in [0.1, 0.15) is 39.2 Å². The van der Waals surface area contributed by atoms with Crippen LogP contribution in [-0.2, 0) is 0 Å². The molecule has 296 valence electrons. The second-order valence-electron chi connectivity index (χ2n) is 16.0. The van der Waals surface area contributed by atoms with Crippen LogP contribution in [0.5, 0.6) is 0 Å². The number of rotatable bonds is 8. The first-order chi connectivity index (χ1) is 32.3. The Labute approximate surface area is 389 Å². The summed E-state index contributed by atoms with van der Waals surface area (Å²) in [7, 11) is 32.6. The fraction of sp³-hybridized carbons (Fsp3) is 0. The lowest BCUT2D eigenvalue weighted by Gasteiger charge is -2.21. The lowest BCUT2D eigenvalue weighted by molar-refractivity contribution is 1.07. The second-order valence-corrected chi connectivity index (χ2v) is 16.0. The fourth-order valence-corrected chi connectivity index (χ4v) is 8.60. The Hall–Kier alpha value is -8.03. The van der Waals surface area contributed by atoms with E-state index in [2.05, 4.69) is 71.3 Å². The van der Waals surface area contributed by atoms with Crippen LogP contribution in [0.25, 0.3) is 107 Å². The molecule has 0 amide bonds. The second kappa shape index (κ2) is 16.8. The minimum absolute atomic E-state index is 0.0902. The third-order valence-corrected chi connectivity index (χ3v) is 12.0. The summed E-state index contributed by atoms with van der Waals surface area (Å²) in [4.78, 5) is 25.8. The fourth-order valence-electron chi connectivity index (χ4n) is 8.60. The molecule has 0 spiro atoms. The predicted octanol–water partition coefficient (Wildman–Crippen LogP) is 7.40. The molecule has 10 radical (unpaired) electrons. The van der Waals surface area contributed by atoms with E-state index in [9.17, 15) is 0 Å². The molecular formula is C55H31B5N6. The summed E-state index contributed by atoms with van der Waals surface area (Å²) in [5.41, 5.74) is 11.4. The standard InChI is InChI=1S/C55H31B5N6/c56-47-46(48(57)50(59)51(60)49(47)58)55-64-52(35-21-11-4-12-22-35)63-54(65-55)40-30-37(53-61-41(33-17-7-2-8-18-33)31-42(62-53)34-19-9-3-10-20-34)26-28-45(40)66-43-24-14-13-23-38(43)39-29-36(25-27-44(39)66)32-15-5-1-6-16-32/h1-31H. The van der Waals surface area contributed by atoms with Crippen molar-refractivity contribution in [2.24, 2.45) is 0 Å². The topological polar surface area (TPSA) is 69.4 Å². The first-order valence-corrected chi connectivity index (χ1v) is 21.4. The monoisotopic (exact) mass is 830 g/mol. The molecule has 0 bridgehead atoms. The molecule has 11 rings (SSSR count). The summed E-state index contributed by atoms with van der Waals surface area (Å²) in [6.45, 7) is 0. The van der Waals surface area contributed by atoms with E-state index in [1.807, 2.05) is 121 Å². The van der Waals surface area contributed by atoms with Crippen LogP contribution in [0, 0.1) is 0 Å². The van der Waals surface area contributed by atoms with E-state index in [0.717, 1.165) is 72.3 Å². The van der Waals surface area contributed by atoms with Crippen molar-refractivity contribution in [3.05, 3.63) is 188 Å². The average molecular weight is 830 g/mol. The lowest BCUT2D eigenvalue weighted by Crippen LogP contribution is -2.55. The highest BCUT2D eigenvalue weighted by Crippen LogP contribution is 2.40. The Morgan fingerprint density at radius 3 is 1.39 bits per heavy atom. The SMILES string of the molecule is [B]c1c([B])c([B])c(-c2nc(-c3ccccc3)nc(-c3cc(-c4nc(-c5ccccc5)cc(-c5ccccc5)n4)ccc3-n3c4ccccc4c4cc(-c5ccccc5)ccc43)n2)c([B])c1[B]. The van der Waals surface area contributed by atoms with Crippen LogP contribution >= 0.6 is 0 Å². The third kappa shape index (κ3) is 7.23. The summed E-state index contributed by atoms with van der Waals surface area (Å²) >= 11 is 0. The molecule has 66 heavy (non-hydrogen) atoms. The molecule has 3 aromatic heterocycles. The minimum atomic E-state index is 0.0902. The van der Waals surface area contributed by atoms with Gasteiger partial charge in [-0.25, -0.2) is 24.9 Å². The van der Waals surface area contributed by atoms with Crippen LogP contribution < -0.4 is 27.3 Å². The van der Waals surface area contributed by atoms with Crippen molar-refractivity contribution in [3.63, 3.8) is 0 Å². The summed E-state index contributed by atoms with van der Waals surface area (Å²) in [6.07, 6.45) is 0. The number of hydrogen-bond acceptors (Lipinski definition) is 5. The van der Waals surface area contributed by atoms with Gasteiger partial charge in [0.2, 0.25) is 0 Å². The quantitative estimate of drug-likeness (QED) is 0.150. The maximum absolute atomic E-state index is 6.71. The van der Waals surface area contributed by atoms with Gasteiger partial charge in [0.15, 0.2) is 23.3 Å². The van der Waals surface area contributed by atoms with E-state index < -0.39 is 0 Å². The van der Waals surface area contributed by atoms with Crippen molar-refractivity contribution in [1.82, 2.24) is 29.5 Å². The molecule has 0 aliphatic rings. The number of fused-ring (bicyclic) bond motifs is 3. The highest BCUT2D eigenvalue weighted by molar-refractivity contribution is 6.68. The molecule has 0 saturated carbocycles. The van der Waals surface area contributed by atoms with E-state index >= 15 is 0 Å². The maximum Gasteiger partial charge on any atom is 0.166 e. The highest BCUT2D eigenvalue weighted by atomic mass is 15.1. The lowest BCUT2D eigenvalue weighted by atomic mass is 9.60. The smallest absolute Gasteiger partial charge is 0.166 e. The van der Waals surface area contributed by atoms with Crippen LogP contribution in [-0.4, -0.2) is 68.7 Å². The number of para-hydroxylation sites is 1. The van der Waals surface area contributed by atoms with Gasteiger partial charge in [-0.2, -0.15) is 0 Å². The van der Waals surface area contributed by atoms with Crippen molar-refractivity contribution < 1.29 is 0 Å². The average Bonchev–Trinajstić information content (AvgIpc) is 3.71. The number of nitrogens with zero attached hydrogens (tertiary/aromatic N) is 6. The van der Waals surface area contributed by atoms with Gasteiger partial charge < -0.3 is 4.57 Å². The normalized spacial score (nSPS) is 11.3. The first-order valence-electron chi connectivity index (χ1n) is 21.4. The molecule has 0 aliphatic heterocycles. The molecule has 3 heterocycles. The number of aromatic nitrogens is 6. The van der Waals surface area contributed by atoms with Crippen LogP contribution in [0.2, 0.25) is 0 Å². The Balaban J connectivity index is 1.22. The van der Waals surface area contributed by atoms with Crippen LogP contribution in [0.4, 0.5) is 0 Å². The van der Waals surface area contributed by atoms with Gasteiger partial charge in [-0.3, -0.25) is 0 Å². The molecule has 6 nitrogen and oxygen atoms in total. The van der Waals surface area contributed by atoms with Crippen LogP contribution in [0.15, 0.2) is 188 Å². The molecular weight excluding hydrogens is 799 g/mol. The Bertz CT molecular complexity index is 3560. The Morgan fingerprint density at radius 1 is 0.303 bits per heavy atom. The summed E-state index contributed by atoms with van der Waals surface area (Å²) in [6, 6.07) is 63.4. The zero-order valence-electron chi connectivity index (χ0n) is 35.5. The van der Waals surface area contributed by atoms with E-state index in [1.165, 1.54) is 0 Å². The Morgan fingerprint density at radius 2 is 0.773 bits per heavy atom. The van der Waals surface area contributed by atoms with Gasteiger partial charge in [-0.15, -0.1) is 16.4 Å². The zero-order valence-corrected chi connectivity index (χ0v) is 35.5. The Kier molecular flexibility index (Phi) is 10.4. The third-order valence-electron chi connectivity index (χ3n) is 12.0. The largest absolute Gasteiger partial charge is 0.309 e. The molecule has 0 saturated heterocycles. The van der Waals surface area contributed by atoms with E-state index in [1.54, 1.807) is 0 Å². The molecule has 0 fully saturated rings. The van der Waals surface area contributed by atoms with Gasteiger partial charge in [-0.05, 0) is 53.6 Å². The minimum Gasteiger partial charge on any atom is -0.309 e. The van der Waals surface area contributed by atoms with Gasteiger partial charge in [0.25, 0.3) is 0 Å². The number of hydrogen-bond donors (Lipinski definition) is 0. The van der Waals surface area contributed by atoms with Gasteiger partial charge in [0.05, 0.1) is 28.1 Å². The van der Waals surface area contributed by atoms with Crippen molar-refractivity contribution in [2.75, 3.05) is 0 Å². The highest BCUT2D eigenvalue weighted by Gasteiger charge is 2.23. The molecule has 8 aromatic carbocycles. The summed E-state index contributed by atoms with van der Waals surface area (Å²) in [5, 5.41) is 2.17. The number of benzene rings is 8. The van der Waals surface area contributed by atoms with Crippen LogP contribution in [0.1, 0.15) is 0 Å². The first kappa shape index (κ1) is 40.7. The van der Waals surface area contributed by atoms with Crippen LogP contribution in [0.3, 0.4) is 0 Å². The van der Waals surface area contributed by atoms with Gasteiger partial charge in [0, 0.05) is 44.2 Å². The molecule has 0 aliphatic carbocycles. The summed E-state index contributed by atoms with van der Waals surface area (Å²) < 4.78 is 2.25. The van der Waals surface area contributed by atoms with Crippen molar-refractivity contribution in [2.45, 2.75) is 0 Å². The van der Waals surface area contributed by atoms with Crippen molar-refractivity contribution in [3.8, 4) is 84.9 Å². The molecule has 0 atom stereocenters. The van der Waals surface area contributed by atoms with Crippen molar-refractivity contribution >= 4 is 88.4 Å². The van der Waals surface area contributed by atoms with E-state index in [0.29, 0.717) is 23.0 Å². The predicted molar refractivity (Wildman–Crippen MR) is 275 cm³/mol. The maximum atomic E-state index is 6.71. The van der Waals surface area contributed by atoms with E-state index in [4.69, 9.17) is 64.2 Å². The van der Waals surface area contributed by atoms with Crippen molar-refractivity contribution in [1.29, 1.82) is 0 Å². The molecule has 0 unspecified atom stereocenters. The summed E-state index contributed by atoms with van der Waals surface area (Å²) in [5.74, 6) is 1.40. The molecule has 0 N–H and O–H groups in total. The molecule has 11 heteroatoms.